The van der Waals surface area contributed by atoms with Crippen LogP contribution in [-0.2, 0) is 0 Å². The van der Waals surface area contributed by atoms with Crippen molar-refractivity contribution in [2.45, 2.75) is 13.0 Å². The first-order chi connectivity index (χ1) is 9.08. The van der Waals surface area contributed by atoms with E-state index in [1.165, 1.54) is 30.6 Å². The number of carboxylic acids is 1. The molecule has 0 aliphatic rings. The van der Waals surface area contributed by atoms with Crippen LogP contribution in [0.4, 0.5) is 10.1 Å². The van der Waals surface area contributed by atoms with Crippen molar-refractivity contribution in [1.82, 2.24) is 4.98 Å². The smallest absolute Gasteiger partial charge is 0.337 e. The number of carbonyl (C=O) groups is 1. The first kappa shape index (κ1) is 13.0. The van der Waals surface area contributed by atoms with Gasteiger partial charge in [-0.3, -0.25) is 4.98 Å². The van der Waals surface area contributed by atoms with Gasteiger partial charge in [0.2, 0.25) is 0 Å². The monoisotopic (exact) mass is 260 g/mol. The van der Waals surface area contributed by atoms with E-state index in [-0.39, 0.29) is 17.4 Å². The van der Waals surface area contributed by atoms with Crippen LogP contribution in [-0.4, -0.2) is 16.1 Å². The Kier molecular flexibility index (Phi) is 3.75. The summed E-state index contributed by atoms with van der Waals surface area (Å²) in [5, 5.41) is 12.1. The minimum absolute atomic E-state index is 0.150. The van der Waals surface area contributed by atoms with Gasteiger partial charge in [0, 0.05) is 12.2 Å². The van der Waals surface area contributed by atoms with E-state index in [4.69, 9.17) is 5.11 Å². The van der Waals surface area contributed by atoms with Crippen LogP contribution in [0.1, 0.15) is 28.9 Å². The van der Waals surface area contributed by atoms with E-state index in [0.717, 1.165) is 5.56 Å². The molecule has 0 saturated carbocycles. The molecule has 2 rings (SSSR count). The summed E-state index contributed by atoms with van der Waals surface area (Å²) in [7, 11) is 0. The van der Waals surface area contributed by atoms with E-state index in [2.05, 4.69) is 10.3 Å². The molecule has 0 fully saturated rings. The highest BCUT2D eigenvalue weighted by Gasteiger charge is 2.12. The Balaban J connectivity index is 2.21. The molecule has 98 valence electrons. The average molecular weight is 260 g/mol. The maximum atomic E-state index is 12.8. The van der Waals surface area contributed by atoms with Crippen LogP contribution >= 0.6 is 0 Å². The molecule has 4 nitrogen and oxygen atoms in total. The Morgan fingerprint density at radius 2 is 2.00 bits per heavy atom. The summed E-state index contributed by atoms with van der Waals surface area (Å²) in [5.41, 5.74) is 1.46. The molecule has 19 heavy (non-hydrogen) atoms. The normalized spacial score (nSPS) is 11.9. The van der Waals surface area contributed by atoms with Crippen LogP contribution in [0.25, 0.3) is 0 Å². The highest BCUT2D eigenvalue weighted by Crippen LogP contribution is 2.21. The SMILES string of the molecule is CC(Nc1cnccc1C(=O)O)c1ccc(F)cc1. The Hall–Kier alpha value is -2.43. The fourth-order valence-electron chi connectivity index (χ4n) is 1.76. The number of halogens is 1. The van der Waals surface area contributed by atoms with Crippen molar-refractivity contribution in [2.75, 3.05) is 5.32 Å². The number of carboxylic acid groups (broad SMARTS) is 1. The van der Waals surface area contributed by atoms with Crippen molar-refractivity contribution in [2.24, 2.45) is 0 Å². The van der Waals surface area contributed by atoms with E-state index < -0.39 is 5.97 Å². The summed E-state index contributed by atoms with van der Waals surface area (Å²) in [6.45, 7) is 1.87. The van der Waals surface area contributed by atoms with Gasteiger partial charge in [-0.15, -0.1) is 0 Å². The lowest BCUT2D eigenvalue weighted by Gasteiger charge is -2.16. The molecular formula is C14H13FN2O2. The first-order valence-electron chi connectivity index (χ1n) is 5.77. The predicted molar refractivity (Wildman–Crippen MR) is 69.6 cm³/mol. The second-order valence-corrected chi connectivity index (χ2v) is 4.14. The molecule has 2 aromatic rings. The molecule has 2 N–H and O–H groups in total. The number of aromatic nitrogens is 1. The van der Waals surface area contributed by atoms with E-state index in [1.807, 2.05) is 6.92 Å². The van der Waals surface area contributed by atoms with Crippen LogP contribution in [0, 0.1) is 5.82 Å². The van der Waals surface area contributed by atoms with Gasteiger partial charge in [-0.1, -0.05) is 12.1 Å². The van der Waals surface area contributed by atoms with Gasteiger partial charge in [0.05, 0.1) is 17.4 Å². The molecular weight excluding hydrogens is 247 g/mol. The standard InChI is InChI=1S/C14H13FN2O2/c1-9(10-2-4-11(15)5-3-10)17-13-8-16-7-6-12(13)14(18)19/h2-9,17H,1H3,(H,18,19). The second kappa shape index (κ2) is 5.48. The topological polar surface area (TPSA) is 62.2 Å². The first-order valence-corrected chi connectivity index (χ1v) is 5.77. The molecule has 1 aromatic carbocycles. The van der Waals surface area contributed by atoms with Gasteiger partial charge in [0.15, 0.2) is 0 Å². The van der Waals surface area contributed by atoms with Crippen LogP contribution < -0.4 is 5.32 Å². The van der Waals surface area contributed by atoms with Crippen molar-refractivity contribution in [3.05, 3.63) is 59.7 Å². The van der Waals surface area contributed by atoms with Gasteiger partial charge in [-0.05, 0) is 30.7 Å². The maximum Gasteiger partial charge on any atom is 0.337 e. The fraction of sp³-hybridized carbons (Fsp3) is 0.143. The molecule has 0 aliphatic carbocycles. The lowest BCUT2D eigenvalue weighted by Crippen LogP contribution is -2.11. The number of nitrogens with one attached hydrogen (secondary N) is 1. The number of hydrogen-bond donors (Lipinski definition) is 2. The van der Waals surface area contributed by atoms with Gasteiger partial charge in [0.25, 0.3) is 0 Å². The molecule has 0 bridgehead atoms. The minimum atomic E-state index is -1.02. The zero-order valence-corrected chi connectivity index (χ0v) is 10.3. The molecule has 1 heterocycles. The van der Waals surface area contributed by atoms with Crippen molar-refractivity contribution in [1.29, 1.82) is 0 Å². The zero-order chi connectivity index (χ0) is 13.8. The van der Waals surface area contributed by atoms with Crippen LogP contribution in [0.3, 0.4) is 0 Å². The molecule has 1 atom stereocenters. The van der Waals surface area contributed by atoms with E-state index in [0.29, 0.717) is 5.69 Å². The Morgan fingerprint density at radius 3 is 2.63 bits per heavy atom. The molecule has 0 saturated heterocycles. The third-order valence-electron chi connectivity index (χ3n) is 2.79. The Bertz CT molecular complexity index is 584. The Morgan fingerprint density at radius 1 is 1.32 bits per heavy atom. The van der Waals surface area contributed by atoms with Gasteiger partial charge in [-0.2, -0.15) is 0 Å². The number of nitrogens with zero attached hydrogens (tertiary/aromatic N) is 1. The minimum Gasteiger partial charge on any atom is -0.478 e. The van der Waals surface area contributed by atoms with E-state index >= 15 is 0 Å². The fourth-order valence-corrected chi connectivity index (χ4v) is 1.76. The molecule has 0 amide bonds. The van der Waals surface area contributed by atoms with Crippen LogP contribution in [0.15, 0.2) is 42.7 Å². The van der Waals surface area contributed by atoms with Gasteiger partial charge < -0.3 is 10.4 Å². The highest BCUT2D eigenvalue weighted by atomic mass is 19.1. The molecule has 0 radical (unpaired) electrons. The number of pyridine rings is 1. The summed E-state index contributed by atoms with van der Waals surface area (Å²) in [5.74, 6) is -1.32. The Labute approximate surface area is 109 Å². The van der Waals surface area contributed by atoms with Crippen LogP contribution in [0.2, 0.25) is 0 Å². The number of aromatic carboxylic acids is 1. The largest absolute Gasteiger partial charge is 0.478 e. The quantitative estimate of drug-likeness (QED) is 0.886. The second-order valence-electron chi connectivity index (χ2n) is 4.14. The van der Waals surface area contributed by atoms with Crippen molar-refractivity contribution in [3.63, 3.8) is 0 Å². The zero-order valence-electron chi connectivity index (χ0n) is 10.3. The summed E-state index contributed by atoms with van der Waals surface area (Å²) < 4.78 is 12.8. The predicted octanol–water partition coefficient (Wildman–Crippen LogP) is 3.09. The molecule has 0 spiro atoms. The van der Waals surface area contributed by atoms with Crippen molar-refractivity contribution in [3.8, 4) is 0 Å². The van der Waals surface area contributed by atoms with E-state index in [9.17, 15) is 9.18 Å². The van der Waals surface area contributed by atoms with Gasteiger partial charge in [-0.25, -0.2) is 9.18 Å². The van der Waals surface area contributed by atoms with Crippen molar-refractivity contribution >= 4 is 11.7 Å². The lowest BCUT2D eigenvalue weighted by molar-refractivity contribution is 0.0698. The summed E-state index contributed by atoms with van der Waals surface area (Å²) in [6.07, 6.45) is 2.89. The van der Waals surface area contributed by atoms with Gasteiger partial charge >= 0.3 is 5.97 Å². The van der Waals surface area contributed by atoms with Crippen LogP contribution in [0.5, 0.6) is 0 Å². The van der Waals surface area contributed by atoms with E-state index in [1.54, 1.807) is 12.1 Å². The number of anilines is 1. The third kappa shape index (κ3) is 3.07. The van der Waals surface area contributed by atoms with Gasteiger partial charge in [0.1, 0.15) is 5.82 Å². The van der Waals surface area contributed by atoms with Crippen molar-refractivity contribution < 1.29 is 14.3 Å². The lowest BCUT2D eigenvalue weighted by atomic mass is 10.1. The maximum absolute atomic E-state index is 12.8. The summed E-state index contributed by atoms with van der Waals surface area (Å²) in [4.78, 5) is 15.0. The summed E-state index contributed by atoms with van der Waals surface area (Å²) in [6, 6.07) is 7.34. The third-order valence-corrected chi connectivity index (χ3v) is 2.79. The number of rotatable bonds is 4. The number of hydrogen-bond acceptors (Lipinski definition) is 3. The average Bonchev–Trinajstić information content (AvgIpc) is 2.39. The summed E-state index contributed by atoms with van der Waals surface area (Å²) >= 11 is 0. The molecule has 0 aliphatic heterocycles. The highest BCUT2D eigenvalue weighted by molar-refractivity contribution is 5.93. The molecule has 1 unspecified atom stereocenters. The molecule has 1 aromatic heterocycles. The molecule has 5 heteroatoms. The number of benzene rings is 1.